The van der Waals surface area contributed by atoms with E-state index in [0.29, 0.717) is 0 Å². The lowest BCUT2D eigenvalue weighted by molar-refractivity contribution is 0.113. The largest absolute Gasteiger partial charge is 0.497 e. The Balaban J connectivity index is 0.00000264. The predicted octanol–water partition coefficient (Wildman–Crippen LogP) is 2.60. The van der Waals surface area contributed by atoms with Crippen molar-refractivity contribution in [2.24, 2.45) is 5.73 Å². The smallest absolute Gasteiger partial charge is 0.122 e. The molecule has 0 aromatic heterocycles. The number of hydrogen-bond donors (Lipinski definition) is 2. The topological polar surface area (TPSA) is 64.7 Å². The summed E-state index contributed by atoms with van der Waals surface area (Å²) in [6, 6.07) is 16.0. The molecule has 2 aromatic rings. The third-order valence-corrected chi connectivity index (χ3v) is 3.49. The summed E-state index contributed by atoms with van der Waals surface area (Å²) in [5, 5.41) is 9.51. The Morgan fingerprint density at radius 2 is 1.87 bits per heavy atom. The van der Waals surface area contributed by atoms with E-state index in [0.717, 1.165) is 29.9 Å². The molecule has 0 radical (unpaired) electrons. The minimum Gasteiger partial charge on any atom is -0.497 e. The van der Waals surface area contributed by atoms with E-state index in [2.05, 4.69) is 6.07 Å². The van der Waals surface area contributed by atoms with Gasteiger partial charge < -0.3 is 20.3 Å². The molecule has 0 amide bonds. The van der Waals surface area contributed by atoms with Crippen LogP contribution in [0.25, 0.3) is 0 Å². The fourth-order valence-corrected chi connectivity index (χ4v) is 2.21. The van der Waals surface area contributed by atoms with Crippen molar-refractivity contribution in [3.8, 4) is 11.5 Å². The number of ether oxygens (including phenoxy) is 2. The van der Waals surface area contributed by atoms with Gasteiger partial charge in [0.15, 0.2) is 0 Å². The summed E-state index contributed by atoms with van der Waals surface area (Å²) in [6.45, 7) is 0.415. The first kappa shape index (κ1) is 19.3. The van der Waals surface area contributed by atoms with Crippen LogP contribution in [0, 0.1) is 0 Å². The fourth-order valence-electron chi connectivity index (χ4n) is 2.21. The average molecular weight is 338 g/mol. The Morgan fingerprint density at radius 1 is 1.09 bits per heavy atom. The number of aryl methyl sites for hydroxylation is 2. The van der Waals surface area contributed by atoms with E-state index in [1.54, 1.807) is 7.11 Å². The van der Waals surface area contributed by atoms with Gasteiger partial charge in [-0.25, -0.2) is 0 Å². The average Bonchev–Trinajstić information content (AvgIpc) is 2.58. The Bertz CT molecular complexity index is 592. The zero-order valence-corrected chi connectivity index (χ0v) is 14.1. The molecule has 0 aliphatic carbocycles. The lowest BCUT2D eigenvalue weighted by Crippen LogP contribution is -2.26. The highest BCUT2D eigenvalue weighted by molar-refractivity contribution is 5.85. The van der Waals surface area contributed by atoms with E-state index in [-0.39, 0.29) is 25.6 Å². The molecule has 0 fully saturated rings. The van der Waals surface area contributed by atoms with Crippen molar-refractivity contribution in [1.82, 2.24) is 0 Å². The highest BCUT2D eigenvalue weighted by Gasteiger charge is 2.07. The molecule has 0 aliphatic rings. The summed E-state index contributed by atoms with van der Waals surface area (Å²) in [7, 11) is 1.67. The zero-order chi connectivity index (χ0) is 15.8. The van der Waals surface area contributed by atoms with Gasteiger partial charge in [-0.2, -0.15) is 0 Å². The van der Waals surface area contributed by atoms with Crippen LogP contribution in [0.1, 0.15) is 11.1 Å². The van der Waals surface area contributed by atoms with Crippen LogP contribution in [0.3, 0.4) is 0 Å². The van der Waals surface area contributed by atoms with E-state index in [9.17, 15) is 5.11 Å². The van der Waals surface area contributed by atoms with Crippen molar-refractivity contribution in [2.45, 2.75) is 18.9 Å². The zero-order valence-electron chi connectivity index (χ0n) is 13.3. The summed E-state index contributed by atoms with van der Waals surface area (Å²) < 4.78 is 10.9. The number of halogens is 1. The number of nitrogens with two attached hydrogens (primary N) is 1. The lowest BCUT2D eigenvalue weighted by atomic mass is 10.0. The second-order valence-corrected chi connectivity index (χ2v) is 5.16. The molecular weight excluding hydrogens is 314 g/mol. The van der Waals surface area contributed by atoms with E-state index in [1.807, 2.05) is 42.5 Å². The van der Waals surface area contributed by atoms with Crippen molar-refractivity contribution >= 4 is 12.4 Å². The number of rotatable bonds is 8. The van der Waals surface area contributed by atoms with E-state index in [4.69, 9.17) is 15.2 Å². The summed E-state index contributed by atoms with van der Waals surface area (Å²) >= 11 is 0. The maximum atomic E-state index is 9.51. The molecule has 3 N–H and O–H groups in total. The Kier molecular flexibility index (Phi) is 8.48. The molecule has 2 aromatic carbocycles. The van der Waals surface area contributed by atoms with Crippen LogP contribution >= 0.6 is 12.4 Å². The van der Waals surface area contributed by atoms with E-state index >= 15 is 0 Å². The molecule has 2 rings (SSSR count). The second-order valence-electron chi connectivity index (χ2n) is 5.16. The van der Waals surface area contributed by atoms with E-state index in [1.165, 1.54) is 5.56 Å². The van der Waals surface area contributed by atoms with Crippen molar-refractivity contribution in [2.75, 3.05) is 20.3 Å². The van der Waals surface area contributed by atoms with Gasteiger partial charge in [0.1, 0.15) is 24.2 Å². The third-order valence-electron chi connectivity index (χ3n) is 3.49. The first-order chi connectivity index (χ1) is 10.7. The number of benzene rings is 2. The molecular formula is C18H24ClNO3. The monoisotopic (exact) mass is 337 g/mol. The van der Waals surface area contributed by atoms with Crippen LogP contribution in [0.2, 0.25) is 0 Å². The molecule has 1 atom stereocenters. The molecule has 23 heavy (non-hydrogen) atoms. The molecule has 4 nitrogen and oxygen atoms in total. The Labute approximate surface area is 143 Å². The van der Waals surface area contributed by atoms with Crippen LogP contribution in [-0.2, 0) is 12.8 Å². The lowest BCUT2D eigenvalue weighted by Gasteiger charge is -2.14. The van der Waals surface area contributed by atoms with Gasteiger partial charge in [-0.05, 0) is 42.2 Å². The molecule has 0 heterocycles. The number of methoxy groups -OCH3 is 1. The number of aliphatic hydroxyl groups is 1. The standard InChI is InChI=1S/C18H23NO3.ClH/c1-21-17-7-4-5-14(11-17)9-10-15-6-2-3-8-18(15)22-13-16(20)12-19;/h2-8,11,16,20H,9-10,12-13,19H2,1H3;1H. The van der Waals surface area contributed by atoms with Crippen molar-refractivity contribution in [3.63, 3.8) is 0 Å². The maximum Gasteiger partial charge on any atom is 0.122 e. The molecule has 0 saturated carbocycles. The molecule has 0 aliphatic heterocycles. The van der Waals surface area contributed by atoms with E-state index < -0.39 is 6.10 Å². The second kappa shape index (κ2) is 10.1. The van der Waals surface area contributed by atoms with Crippen molar-refractivity contribution in [1.29, 1.82) is 0 Å². The van der Waals surface area contributed by atoms with Gasteiger partial charge in [0.05, 0.1) is 7.11 Å². The number of para-hydroxylation sites is 1. The third kappa shape index (κ3) is 6.10. The van der Waals surface area contributed by atoms with Crippen LogP contribution in [0.15, 0.2) is 48.5 Å². The number of hydrogen-bond acceptors (Lipinski definition) is 4. The summed E-state index contributed by atoms with van der Waals surface area (Å²) in [4.78, 5) is 0. The first-order valence-corrected chi connectivity index (χ1v) is 7.44. The van der Waals surface area contributed by atoms with Gasteiger partial charge in [0.2, 0.25) is 0 Å². The van der Waals surface area contributed by atoms with Crippen LogP contribution in [-0.4, -0.2) is 31.5 Å². The summed E-state index contributed by atoms with van der Waals surface area (Å²) in [5.41, 5.74) is 7.73. The number of aliphatic hydroxyl groups excluding tert-OH is 1. The van der Waals surface area contributed by atoms with Gasteiger partial charge in [0.25, 0.3) is 0 Å². The maximum absolute atomic E-state index is 9.51. The predicted molar refractivity (Wildman–Crippen MR) is 94.6 cm³/mol. The van der Waals surface area contributed by atoms with Gasteiger partial charge >= 0.3 is 0 Å². The molecule has 5 heteroatoms. The minimum absolute atomic E-state index is 0. The van der Waals surface area contributed by atoms with Crippen LogP contribution in [0.4, 0.5) is 0 Å². The minimum atomic E-state index is -0.633. The summed E-state index contributed by atoms with van der Waals surface area (Å²) in [5.74, 6) is 1.67. The molecule has 1 unspecified atom stereocenters. The Hall–Kier alpha value is -1.75. The quantitative estimate of drug-likeness (QED) is 0.777. The van der Waals surface area contributed by atoms with Gasteiger partial charge in [-0.1, -0.05) is 30.3 Å². The SMILES string of the molecule is COc1cccc(CCc2ccccc2OCC(O)CN)c1.Cl. The van der Waals surface area contributed by atoms with Gasteiger partial charge in [-0.15, -0.1) is 12.4 Å². The highest BCUT2D eigenvalue weighted by atomic mass is 35.5. The Morgan fingerprint density at radius 3 is 2.61 bits per heavy atom. The summed E-state index contributed by atoms with van der Waals surface area (Å²) in [6.07, 6.45) is 1.13. The molecule has 0 saturated heterocycles. The highest BCUT2D eigenvalue weighted by Crippen LogP contribution is 2.21. The van der Waals surface area contributed by atoms with Crippen LogP contribution < -0.4 is 15.2 Å². The molecule has 0 bridgehead atoms. The molecule has 0 spiro atoms. The van der Waals surface area contributed by atoms with Crippen molar-refractivity contribution < 1.29 is 14.6 Å². The fraction of sp³-hybridized carbons (Fsp3) is 0.333. The van der Waals surface area contributed by atoms with Crippen molar-refractivity contribution in [3.05, 3.63) is 59.7 Å². The molecule has 126 valence electrons. The van der Waals surface area contributed by atoms with Crippen LogP contribution in [0.5, 0.6) is 11.5 Å². The van der Waals surface area contributed by atoms with Gasteiger partial charge in [-0.3, -0.25) is 0 Å². The normalized spacial score (nSPS) is 11.4. The first-order valence-electron chi connectivity index (χ1n) is 7.44. The van der Waals surface area contributed by atoms with Gasteiger partial charge in [0, 0.05) is 6.54 Å².